The van der Waals surface area contributed by atoms with Gasteiger partial charge in [-0.25, -0.2) is 9.88 Å². The minimum absolute atomic E-state index is 0.0208. The van der Waals surface area contributed by atoms with Gasteiger partial charge in [-0.15, -0.1) is 11.3 Å². The first-order chi connectivity index (χ1) is 28.9. The second kappa shape index (κ2) is 14.3. The van der Waals surface area contributed by atoms with Crippen molar-refractivity contribution in [2.75, 3.05) is 23.6 Å². The van der Waals surface area contributed by atoms with Gasteiger partial charge in [0.25, 0.3) is 11.8 Å². The molecule has 4 aliphatic rings. The third-order valence-electron chi connectivity index (χ3n) is 12.8. The topological polar surface area (TPSA) is 138 Å². The predicted molar refractivity (Wildman–Crippen MR) is 222 cm³/mol. The number of aromatic hydroxyl groups is 1. The maximum atomic E-state index is 15.2. The van der Waals surface area contributed by atoms with E-state index in [-0.39, 0.29) is 41.8 Å². The number of nitrogens with zero attached hydrogens (tertiary/aromatic N) is 6. The van der Waals surface area contributed by atoms with Gasteiger partial charge in [-0.3, -0.25) is 28.9 Å². The van der Waals surface area contributed by atoms with Gasteiger partial charge in [0.2, 0.25) is 11.8 Å². The fourth-order valence-electron chi connectivity index (χ4n) is 10.0. The first-order valence-electron chi connectivity index (χ1n) is 19.5. The fourth-order valence-corrected chi connectivity index (χ4v) is 11.6. The van der Waals surface area contributed by atoms with Gasteiger partial charge < -0.3 is 9.84 Å². The zero-order valence-corrected chi connectivity index (χ0v) is 35.6. The maximum absolute atomic E-state index is 15.2. The van der Waals surface area contributed by atoms with Gasteiger partial charge in [0, 0.05) is 41.4 Å². The Hall–Kier alpha value is -5.45. The Morgan fingerprint density at radius 3 is 2.51 bits per heavy atom. The van der Waals surface area contributed by atoms with E-state index in [4.69, 9.17) is 33.0 Å². The number of rotatable bonds is 7. The Bertz CT molecular complexity index is 2770. The first kappa shape index (κ1) is 40.9. The molecule has 2 aliphatic carbocycles. The van der Waals surface area contributed by atoms with Crippen molar-refractivity contribution in [3.63, 3.8) is 0 Å². The average molecular weight is 894 g/mol. The molecule has 316 valence electrons. The molecule has 5 aromatic rings. The van der Waals surface area contributed by atoms with Gasteiger partial charge in [-0.2, -0.15) is 23.3 Å². The molecule has 3 fully saturated rings. The van der Waals surface area contributed by atoms with Crippen molar-refractivity contribution in [2.45, 2.75) is 45.7 Å². The number of anilines is 2. The van der Waals surface area contributed by atoms with E-state index >= 15 is 9.59 Å². The SMILES string of the molecule is CCOc1cccc(C2C3=CCC4C(=O)N(N(C)c5nc(C(F)(F)F)ccc5Cl)C(=O)C4C3CC3C(=O)N(c4cc(-c5sc6ccc(Cl)cc6c5C)nn4C)C(=O)C32C)c1O. The summed E-state index contributed by atoms with van der Waals surface area (Å²) >= 11 is 14.1. The number of ether oxygens (including phenoxy) is 1. The third kappa shape index (κ3) is 5.99. The number of thiophene rings is 1. The summed E-state index contributed by atoms with van der Waals surface area (Å²) in [6, 6.07) is 13.9. The highest BCUT2D eigenvalue weighted by atomic mass is 35.5. The molecule has 3 aromatic heterocycles. The van der Waals surface area contributed by atoms with Crippen LogP contribution in [0.3, 0.4) is 0 Å². The van der Waals surface area contributed by atoms with Crippen molar-refractivity contribution in [3.8, 4) is 22.1 Å². The quantitative estimate of drug-likeness (QED) is 0.126. The number of allylic oxidation sites excluding steroid dienone is 2. The molecular formula is C43H37Cl2F3N6O6S. The van der Waals surface area contributed by atoms with Crippen molar-refractivity contribution in [1.82, 2.24) is 19.8 Å². The molecule has 0 spiro atoms. The molecule has 5 heterocycles. The second-order valence-electron chi connectivity index (χ2n) is 16.0. The number of hydrazine groups is 1. The molecule has 1 N–H and O–H groups in total. The van der Waals surface area contributed by atoms with Gasteiger partial charge in [0.05, 0.1) is 39.7 Å². The van der Waals surface area contributed by atoms with Gasteiger partial charge >= 0.3 is 6.18 Å². The van der Waals surface area contributed by atoms with Crippen molar-refractivity contribution in [2.24, 2.45) is 36.1 Å². The number of phenolic OH excluding ortho intramolecular Hbond substituents is 1. The summed E-state index contributed by atoms with van der Waals surface area (Å²) in [5.74, 6) is -7.64. The predicted octanol–water partition coefficient (Wildman–Crippen LogP) is 8.72. The Morgan fingerprint density at radius 2 is 1.79 bits per heavy atom. The number of fused-ring (bicyclic) bond motifs is 5. The van der Waals surface area contributed by atoms with Gasteiger partial charge in [-0.05, 0) is 86.9 Å². The minimum Gasteiger partial charge on any atom is -0.504 e. The lowest BCUT2D eigenvalue weighted by Crippen LogP contribution is -2.49. The van der Waals surface area contributed by atoms with Gasteiger partial charge in [0.15, 0.2) is 17.3 Å². The largest absolute Gasteiger partial charge is 0.504 e. The summed E-state index contributed by atoms with van der Waals surface area (Å²) in [6.45, 7) is 5.63. The van der Waals surface area contributed by atoms with Crippen LogP contribution in [0.4, 0.5) is 24.8 Å². The molecule has 18 heteroatoms. The van der Waals surface area contributed by atoms with Crippen LogP contribution in [0.2, 0.25) is 10.0 Å². The lowest BCUT2D eigenvalue weighted by molar-refractivity contribution is -0.141. The summed E-state index contributed by atoms with van der Waals surface area (Å²) < 4.78 is 49.4. The number of para-hydroxylation sites is 1. The average Bonchev–Trinajstić information content (AvgIpc) is 3.88. The highest BCUT2D eigenvalue weighted by Gasteiger charge is 2.68. The summed E-state index contributed by atoms with van der Waals surface area (Å²) in [6.07, 6.45) is -3.01. The number of benzene rings is 2. The fraction of sp³-hybridized carbons (Fsp3) is 0.349. The number of carbonyl (C=O) groups is 4. The van der Waals surface area contributed by atoms with Crippen LogP contribution in [-0.2, 0) is 32.4 Å². The van der Waals surface area contributed by atoms with Crippen LogP contribution in [0, 0.1) is 36.0 Å². The Morgan fingerprint density at radius 1 is 1.03 bits per heavy atom. The van der Waals surface area contributed by atoms with Crippen LogP contribution in [0.15, 0.2) is 66.2 Å². The Kier molecular flexibility index (Phi) is 9.60. The summed E-state index contributed by atoms with van der Waals surface area (Å²) in [4.78, 5) is 64.7. The molecule has 2 aliphatic heterocycles. The highest BCUT2D eigenvalue weighted by Crippen LogP contribution is 2.65. The number of aryl methyl sites for hydroxylation is 2. The second-order valence-corrected chi connectivity index (χ2v) is 17.9. The summed E-state index contributed by atoms with van der Waals surface area (Å²) in [5.41, 5.74) is -0.420. The number of amides is 4. The number of imide groups is 2. The number of phenols is 1. The van der Waals surface area contributed by atoms with Crippen molar-refractivity contribution in [3.05, 3.63) is 93.1 Å². The number of hydrogen-bond donors (Lipinski definition) is 1. The van der Waals surface area contributed by atoms with Gasteiger partial charge in [-0.1, -0.05) is 47.0 Å². The molecule has 1 saturated carbocycles. The Balaban J connectivity index is 1.14. The van der Waals surface area contributed by atoms with E-state index in [2.05, 4.69) is 4.98 Å². The molecule has 61 heavy (non-hydrogen) atoms. The lowest BCUT2D eigenvalue weighted by Gasteiger charge is -2.49. The van der Waals surface area contributed by atoms with E-state index in [1.165, 1.54) is 23.1 Å². The Labute approximate surface area is 361 Å². The van der Waals surface area contributed by atoms with Crippen molar-refractivity contribution < 1.29 is 42.2 Å². The molecule has 9 rings (SSSR count). The summed E-state index contributed by atoms with van der Waals surface area (Å²) in [7, 11) is 2.88. The van der Waals surface area contributed by atoms with E-state index in [1.54, 1.807) is 57.3 Å². The molecular weight excluding hydrogens is 856 g/mol. The minimum atomic E-state index is -4.83. The number of hydrogen-bond acceptors (Lipinski definition) is 10. The first-order valence-corrected chi connectivity index (χ1v) is 21.1. The number of pyridine rings is 1. The normalized spacial score (nSPS) is 25.0. The van der Waals surface area contributed by atoms with Crippen LogP contribution >= 0.6 is 34.5 Å². The summed E-state index contributed by atoms with van der Waals surface area (Å²) in [5, 5.41) is 19.6. The highest BCUT2D eigenvalue weighted by molar-refractivity contribution is 7.22. The monoisotopic (exact) mass is 892 g/mol. The molecule has 6 atom stereocenters. The van der Waals surface area contributed by atoms with E-state index in [0.29, 0.717) is 27.9 Å². The van der Waals surface area contributed by atoms with Gasteiger partial charge in [0.1, 0.15) is 17.2 Å². The molecule has 6 unspecified atom stereocenters. The van der Waals surface area contributed by atoms with E-state index in [9.17, 15) is 27.9 Å². The van der Waals surface area contributed by atoms with Crippen molar-refractivity contribution >= 4 is 79.9 Å². The van der Waals surface area contributed by atoms with Crippen LogP contribution in [0.5, 0.6) is 11.5 Å². The molecule has 2 saturated heterocycles. The van der Waals surface area contributed by atoms with E-state index in [1.807, 2.05) is 19.1 Å². The number of carbonyl (C=O) groups excluding carboxylic acids is 4. The molecule has 2 aromatic carbocycles. The van der Waals surface area contributed by atoms with Crippen LogP contribution in [0.1, 0.15) is 49.4 Å². The van der Waals surface area contributed by atoms with Crippen molar-refractivity contribution in [1.29, 1.82) is 0 Å². The molecule has 12 nitrogen and oxygen atoms in total. The maximum Gasteiger partial charge on any atom is 0.433 e. The number of aromatic nitrogens is 3. The van der Waals surface area contributed by atoms with E-state index < -0.39 is 76.3 Å². The van der Waals surface area contributed by atoms with E-state index in [0.717, 1.165) is 41.5 Å². The standard InChI is InChI=1S/C43H37Cl2F3N6O6S/c1-6-60-29-9-7-8-23(35(29)55)34-21-11-12-22-33(40(58)54(38(22)56)52(5)37-27(45)13-15-31(49-37)43(46,47)48)25(21)17-26-39(57)53(41(59)42(26,34)3)32-18-28(50-51(32)4)36-19(2)24-16-20(44)10-14-30(24)61-36/h7-11,13-16,18,22,25-26,33-34,55H,6,12,17H2,1-5H3. The van der Waals surface area contributed by atoms with Crippen LogP contribution in [0.25, 0.3) is 20.7 Å². The van der Waals surface area contributed by atoms with Crippen LogP contribution < -0.4 is 14.6 Å². The third-order valence-corrected chi connectivity index (χ3v) is 14.7. The zero-order chi connectivity index (χ0) is 43.6. The number of halogens is 5. The molecule has 0 radical (unpaired) electrons. The smallest absolute Gasteiger partial charge is 0.433 e. The lowest BCUT2D eigenvalue weighted by atomic mass is 9.51. The molecule has 0 bridgehead atoms. The zero-order valence-electron chi connectivity index (χ0n) is 33.3. The molecule has 4 amide bonds. The number of alkyl halides is 3. The van der Waals surface area contributed by atoms with Crippen LogP contribution in [-0.4, -0.2) is 62.2 Å².